The van der Waals surface area contributed by atoms with Crippen LogP contribution in [0.4, 0.5) is 19.0 Å². The van der Waals surface area contributed by atoms with Crippen molar-refractivity contribution in [1.82, 2.24) is 4.98 Å². The van der Waals surface area contributed by atoms with E-state index in [-0.39, 0.29) is 5.56 Å². The fourth-order valence-corrected chi connectivity index (χ4v) is 1.98. The molecule has 0 saturated heterocycles. The number of hydrogen-bond acceptors (Lipinski definition) is 3. The Bertz CT molecular complexity index is 657. The molecule has 0 aliphatic heterocycles. The van der Waals surface area contributed by atoms with Gasteiger partial charge in [0.25, 0.3) is 0 Å². The highest BCUT2D eigenvalue weighted by Gasteiger charge is 2.34. The van der Waals surface area contributed by atoms with Gasteiger partial charge in [0.1, 0.15) is 11.9 Å². The van der Waals surface area contributed by atoms with Crippen molar-refractivity contribution < 1.29 is 13.2 Å². The van der Waals surface area contributed by atoms with Crippen LogP contribution in [-0.4, -0.2) is 4.98 Å². The van der Waals surface area contributed by atoms with Crippen LogP contribution in [0.25, 0.3) is 0 Å². The van der Waals surface area contributed by atoms with Crippen LogP contribution in [0.5, 0.6) is 0 Å². The molecule has 0 radical (unpaired) electrons. The van der Waals surface area contributed by atoms with E-state index in [9.17, 15) is 13.2 Å². The summed E-state index contributed by atoms with van der Waals surface area (Å²) in [6.07, 6.45) is -3.03. The lowest BCUT2D eigenvalue weighted by atomic mass is 10.0. The van der Waals surface area contributed by atoms with E-state index in [2.05, 4.69) is 10.3 Å². The highest BCUT2D eigenvalue weighted by Crippen LogP contribution is 2.35. The Kier molecular flexibility index (Phi) is 4.13. The zero-order chi connectivity index (χ0) is 15.5. The number of anilines is 1. The molecule has 108 valence electrons. The summed E-state index contributed by atoms with van der Waals surface area (Å²) in [7, 11) is 0. The fourth-order valence-electron chi connectivity index (χ4n) is 1.98. The van der Waals surface area contributed by atoms with Crippen LogP contribution >= 0.6 is 0 Å². The molecule has 2 rings (SSSR count). The first-order chi connectivity index (χ1) is 9.91. The lowest BCUT2D eigenvalue weighted by Gasteiger charge is -2.19. The van der Waals surface area contributed by atoms with Crippen LogP contribution < -0.4 is 5.32 Å². The van der Waals surface area contributed by atoms with Gasteiger partial charge in [-0.05, 0) is 30.7 Å². The molecule has 0 bridgehead atoms. The summed E-state index contributed by atoms with van der Waals surface area (Å²) in [4.78, 5) is 3.99. The molecule has 21 heavy (non-hydrogen) atoms. The first-order valence-corrected chi connectivity index (χ1v) is 6.20. The van der Waals surface area contributed by atoms with Crippen LogP contribution in [0, 0.1) is 11.3 Å². The highest BCUT2D eigenvalue weighted by atomic mass is 19.4. The third kappa shape index (κ3) is 3.51. The lowest BCUT2D eigenvalue weighted by Crippen LogP contribution is -2.15. The molecule has 3 nitrogen and oxygen atoms in total. The van der Waals surface area contributed by atoms with Crippen molar-refractivity contribution in [3.63, 3.8) is 0 Å². The molecule has 1 N–H and O–H groups in total. The largest absolute Gasteiger partial charge is 0.416 e. The third-order valence-corrected chi connectivity index (χ3v) is 2.99. The second kappa shape index (κ2) is 5.83. The third-order valence-electron chi connectivity index (χ3n) is 2.99. The average molecular weight is 291 g/mol. The molecule has 2 aromatic rings. The number of pyridine rings is 1. The van der Waals surface area contributed by atoms with Gasteiger partial charge < -0.3 is 5.32 Å². The van der Waals surface area contributed by atoms with Crippen LogP contribution in [0.1, 0.15) is 29.7 Å². The number of nitrogens with one attached hydrogen (secondary N) is 1. The number of halogens is 3. The van der Waals surface area contributed by atoms with Crippen molar-refractivity contribution in [3.05, 3.63) is 59.3 Å². The Morgan fingerprint density at radius 2 is 1.90 bits per heavy atom. The number of rotatable bonds is 3. The van der Waals surface area contributed by atoms with Crippen LogP contribution in [0.2, 0.25) is 0 Å². The van der Waals surface area contributed by atoms with Gasteiger partial charge in [-0.15, -0.1) is 0 Å². The van der Waals surface area contributed by atoms with Gasteiger partial charge in [-0.25, -0.2) is 4.98 Å². The van der Waals surface area contributed by atoms with Crippen molar-refractivity contribution >= 4 is 5.82 Å². The van der Waals surface area contributed by atoms with E-state index in [1.54, 1.807) is 25.1 Å². The molecule has 0 spiro atoms. The van der Waals surface area contributed by atoms with E-state index in [1.807, 2.05) is 6.07 Å². The van der Waals surface area contributed by atoms with E-state index in [0.717, 1.165) is 6.07 Å². The fraction of sp³-hybridized carbons (Fsp3) is 0.200. The summed E-state index contributed by atoms with van der Waals surface area (Å²) in [6.45, 7) is 1.63. The maximum Gasteiger partial charge on any atom is 0.416 e. The minimum absolute atomic E-state index is 0.149. The van der Waals surface area contributed by atoms with E-state index >= 15 is 0 Å². The minimum atomic E-state index is -4.40. The normalized spacial score (nSPS) is 12.5. The molecule has 1 heterocycles. The number of nitrogens with zero attached hydrogens (tertiary/aromatic N) is 2. The molecule has 0 aliphatic rings. The first-order valence-electron chi connectivity index (χ1n) is 6.20. The minimum Gasteiger partial charge on any atom is -0.364 e. The smallest absolute Gasteiger partial charge is 0.364 e. The van der Waals surface area contributed by atoms with Crippen molar-refractivity contribution in [2.75, 3.05) is 5.32 Å². The standard InChI is InChI=1S/C15H12F3N3/c1-10(21-14-7-6-11(8-19)9-20-14)12-4-2-3-5-13(12)15(16,17)18/h2-7,9-10H,1H3,(H,20,21). The van der Waals surface area contributed by atoms with Gasteiger partial charge >= 0.3 is 6.18 Å². The Morgan fingerprint density at radius 3 is 2.48 bits per heavy atom. The lowest BCUT2D eigenvalue weighted by molar-refractivity contribution is -0.138. The molecule has 1 aromatic carbocycles. The molecule has 1 unspecified atom stereocenters. The molecule has 1 aromatic heterocycles. The Morgan fingerprint density at radius 1 is 1.19 bits per heavy atom. The molecule has 0 fully saturated rings. The molecular weight excluding hydrogens is 279 g/mol. The van der Waals surface area contributed by atoms with Gasteiger partial charge in [0.15, 0.2) is 0 Å². The van der Waals surface area contributed by atoms with Crippen LogP contribution in [0.3, 0.4) is 0 Å². The van der Waals surface area contributed by atoms with E-state index in [4.69, 9.17) is 5.26 Å². The van der Waals surface area contributed by atoms with Crippen molar-refractivity contribution in [1.29, 1.82) is 5.26 Å². The Labute approximate surface area is 120 Å². The van der Waals surface area contributed by atoms with E-state index in [1.165, 1.54) is 18.3 Å². The quantitative estimate of drug-likeness (QED) is 0.924. The Balaban J connectivity index is 2.24. The number of nitriles is 1. The maximum atomic E-state index is 13.0. The number of aromatic nitrogens is 1. The predicted molar refractivity (Wildman–Crippen MR) is 72.4 cm³/mol. The van der Waals surface area contributed by atoms with Gasteiger partial charge in [-0.1, -0.05) is 18.2 Å². The zero-order valence-electron chi connectivity index (χ0n) is 11.1. The molecule has 1 atom stereocenters. The van der Waals surface area contributed by atoms with Gasteiger partial charge in [0, 0.05) is 6.20 Å². The summed E-state index contributed by atoms with van der Waals surface area (Å²) in [5.74, 6) is 0.415. The monoisotopic (exact) mass is 291 g/mol. The number of alkyl halides is 3. The Hall–Kier alpha value is -2.55. The van der Waals surface area contributed by atoms with E-state index < -0.39 is 17.8 Å². The summed E-state index contributed by atoms with van der Waals surface area (Å²) >= 11 is 0. The van der Waals surface area contributed by atoms with Crippen LogP contribution in [0.15, 0.2) is 42.6 Å². The molecule has 0 aliphatic carbocycles. The van der Waals surface area contributed by atoms with Crippen molar-refractivity contribution in [3.8, 4) is 6.07 Å². The summed E-state index contributed by atoms with van der Waals surface area (Å²) in [6, 6.07) is 9.89. The second-order valence-corrected chi connectivity index (χ2v) is 4.49. The number of hydrogen-bond donors (Lipinski definition) is 1. The van der Waals surface area contributed by atoms with Gasteiger partial charge in [-0.2, -0.15) is 18.4 Å². The second-order valence-electron chi connectivity index (χ2n) is 4.49. The molecule has 0 amide bonds. The van der Waals surface area contributed by atoms with Crippen molar-refractivity contribution in [2.45, 2.75) is 19.1 Å². The predicted octanol–water partition coefficient (Wildman–Crippen LogP) is 4.15. The molecule has 0 saturated carbocycles. The topological polar surface area (TPSA) is 48.7 Å². The maximum absolute atomic E-state index is 13.0. The summed E-state index contributed by atoms with van der Waals surface area (Å²) in [5, 5.41) is 11.6. The van der Waals surface area contributed by atoms with Gasteiger partial charge in [0.05, 0.1) is 17.2 Å². The van der Waals surface area contributed by atoms with E-state index in [0.29, 0.717) is 11.4 Å². The van der Waals surface area contributed by atoms with Crippen molar-refractivity contribution in [2.24, 2.45) is 0 Å². The van der Waals surface area contributed by atoms with Gasteiger partial charge in [0.2, 0.25) is 0 Å². The first kappa shape index (κ1) is 14.9. The average Bonchev–Trinajstić information content (AvgIpc) is 2.47. The van der Waals surface area contributed by atoms with Gasteiger partial charge in [-0.3, -0.25) is 0 Å². The number of benzene rings is 1. The molecule has 6 heteroatoms. The zero-order valence-corrected chi connectivity index (χ0v) is 11.1. The molecular formula is C15H12F3N3. The summed E-state index contributed by atoms with van der Waals surface area (Å²) < 4.78 is 38.9. The highest BCUT2D eigenvalue weighted by molar-refractivity contribution is 5.43. The SMILES string of the molecule is CC(Nc1ccc(C#N)cn1)c1ccccc1C(F)(F)F. The van der Waals surface area contributed by atoms with Crippen LogP contribution in [-0.2, 0) is 6.18 Å². The summed E-state index contributed by atoms with van der Waals surface area (Å²) in [5.41, 5.74) is -0.126.